The molecule has 2 aromatic heterocycles. The summed E-state index contributed by atoms with van der Waals surface area (Å²) in [6.45, 7) is 21.0. The van der Waals surface area contributed by atoms with Crippen molar-refractivity contribution in [1.82, 2.24) is 30.0 Å². The molecule has 11 unspecified atom stereocenters. The first kappa shape index (κ1) is 75.7. The van der Waals surface area contributed by atoms with Gasteiger partial charge in [-0.25, -0.2) is 19.0 Å². The third kappa shape index (κ3) is 17.6. The number of hydrogen-bond donors (Lipinski definition) is 2. The summed E-state index contributed by atoms with van der Waals surface area (Å²) in [4.78, 5) is 101. The second-order valence-electron chi connectivity index (χ2n) is 27.5. The molecule has 0 radical (unpaired) electrons. The zero-order chi connectivity index (χ0) is 72.4. The van der Waals surface area contributed by atoms with Gasteiger partial charge in [-0.2, -0.15) is 0 Å². The second kappa shape index (κ2) is 32.9. The maximum absolute atomic E-state index is 13.2. The number of hydrogen-bond acceptors (Lipinski definition) is 27. The summed E-state index contributed by atoms with van der Waals surface area (Å²) in [6, 6.07) is 18.5. The van der Waals surface area contributed by atoms with Crippen LogP contribution in [-0.2, 0) is 125 Å². The van der Waals surface area contributed by atoms with Gasteiger partial charge in [-0.05, 0) is 81.5 Å². The molecular weight excluding hydrogens is 1320 g/mol. The average molecular weight is 1410 g/mol. The Morgan fingerprint density at radius 2 is 1.01 bits per heavy atom. The summed E-state index contributed by atoms with van der Waals surface area (Å²) < 4.78 is 77.4. The Morgan fingerprint density at radius 3 is 1.55 bits per heavy atom. The molecular formula is C71H92N8O20S. The van der Waals surface area contributed by atoms with E-state index >= 15 is 0 Å². The highest BCUT2D eigenvalue weighted by Gasteiger charge is 2.58. The van der Waals surface area contributed by atoms with Gasteiger partial charge in [0.15, 0.2) is 61.3 Å². The minimum absolute atomic E-state index is 0.00719. The molecule has 5 heterocycles. The predicted octanol–water partition coefficient (Wildman–Crippen LogP) is 9.86. The second-order valence-corrected chi connectivity index (χ2v) is 28.1. The SMILES string of the molecule is COC(=O)C1OC(n2cc(COCCCCCCC3(CCCCCCOCc4cnnn4C4OC(C(=O)OC)C(OC(C)=O)C(OC(C)=O)C4OC(C)=O)c4cc(-c5ccc(C(C)(C)C)c6c5NSN6)ccc4-c4ccc(C(C)(C)C)cc43)nn2)C(OC(C)=O)C(OC(C)=O)C1OC(C)=O. The fraction of sp³-hybridized carbons (Fsp3) is 0.577. The molecule has 100 heavy (non-hydrogen) atoms. The van der Waals surface area contributed by atoms with Crippen LogP contribution in [-0.4, -0.2) is 154 Å². The van der Waals surface area contributed by atoms with Crippen molar-refractivity contribution in [3.63, 3.8) is 0 Å². The fourth-order valence-electron chi connectivity index (χ4n) is 13.6. The molecule has 3 aliphatic heterocycles. The zero-order valence-corrected chi connectivity index (χ0v) is 60.0. The number of nitrogens with zero attached hydrogens (tertiary/aromatic N) is 6. The van der Waals surface area contributed by atoms with Gasteiger partial charge in [-0.1, -0.05) is 133 Å². The highest BCUT2D eigenvalue weighted by molar-refractivity contribution is 8.02. The van der Waals surface area contributed by atoms with Gasteiger partial charge in [0.2, 0.25) is 0 Å². The van der Waals surface area contributed by atoms with Crippen molar-refractivity contribution in [3.8, 4) is 22.3 Å². The van der Waals surface area contributed by atoms with Gasteiger partial charge in [0.25, 0.3) is 0 Å². The molecule has 2 fully saturated rings. The molecule has 11 atom stereocenters. The van der Waals surface area contributed by atoms with Crippen molar-refractivity contribution in [1.29, 1.82) is 0 Å². The van der Waals surface area contributed by atoms with Crippen molar-refractivity contribution >= 4 is 71.3 Å². The van der Waals surface area contributed by atoms with Gasteiger partial charge in [-0.3, -0.25) is 28.8 Å². The van der Waals surface area contributed by atoms with Crippen LogP contribution in [0.3, 0.4) is 0 Å². The first-order valence-electron chi connectivity index (χ1n) is 33.7. The highest BCUT2D eigenvalue weighted by Crippen LogP contribution is 2.57. The molecule has 3 aromatic carbocycles. The summed E-state index contributed by atoms with van der Waals surface area (Å²) in [6.07, 6.45) is -3.36. The third-order valence-corrected chi connectivity index (χ3v) is 18.7. The summed E-state index contributed by atoms with van der Waals surface area (Å²) in [5.41, 5.74) is 12.2. The molecule has 28 nitrogen and oxygen atoms in total. The number of carbonyl (C=O) groups is 8. The van der Waals surface area contributed by atoms with Crippen molar-refractivity contribution in [2.75, 3.05) is 36.9 Å². The summed E-state index contributed by atoms with van der Waals surface area (Å²) in [5, 5.41) is 16.8. The largest absolute Gasteiger partial charge is 0.467 e. The summed E-state index contributed by atoms with van der Waals surface area (Å²) >= 11 is 1.48. The number of aromatic nitrogens is 6. The molecule has 0 saturated carbocycles. The van der Waals surface area contributed by atoms with Crippen LogP contribution < -0.4 is 9.44 Å². The number of nitrogens with one attached hydrogen (secondary N) is 2. The Labute approximate surface area is 585 Å². The van der Waals surface area contributed by atoms with E-state index in [2.05, 4.69) is 120 Å². The highest BCUT2D eigenvalue weighted by atomic mass is 32.2. The molecule has 4 aliphatic rings. The molecule has 29 heteroatoms. The smallest absolute Gasteiger partial charge is 0.339 e. The number of ether oxygens (including phenoxy) is 12. The van der Waals surface area contributed by atoms with Gasteiger partial charge in [0.1, 0.15) is 5.69 Å². The van der Waals surface area contributed by atoms with Crippen LogP contribution in [0, 0.1) is 0 Å². The van der Waals surface area contributed by atoms with Crippen LogP contribution >= 0.6 is 12.1 Å². The van der Waals surface area contributed by atoms with Gasteiger partial charge < -0.3 is 66.3 Å². The summed E-state index contributed by atoms with van der Waals surface area (Å²) in [5.74, 6) is -6.66. The maximum Gasteiger partial charge on any atom is 0.339 e. The molecule has 542 valence electrons. The Bertz CT molecular complexity index is 3790. The number of fused-ring (bicyclic) bond motifs is 4. The van der Waals surface area contributed by atoms with Crippen LogP contribution in [0.1, 0.15) is 193 Å². The van der Waals surface area contributed by atoms with E-state index in [1.54, 1.807) is 0 Å². The molecule has 0 bridgehead atoms. The lowest BCUT2D eigenvalue weighted by atomic mass is 9.69. The molecule has 5 aromatic rings. The number of esters is 8. The normalized spacial score (nSPS) is 22.9. The Hall–Kier alpha value is -8.51. The van der Waals surface area contributed by atoms with E-state index in [-0.39, 0.29) is 29.5 Å². The van der Waals surface area contributed by atoms with Crippen LogP contribution in [0.25, 0.3) is 22.3 Å². The van der Waals surface area contributed by atoms with Crippen LogP contribution in [0.5, 0.6) is 0 Å². The third-order valence-electron chi connectivity index (χ3n) is 18.1. The minimum atomic E-state index is -1.62. The minimum Gasteiger partial charge on any atom is -0.467 e. The quantitative estimate of drug-likeness (QED) is 0.0194. The van der Waals surface area contributed by atoms with Crippen molar-refractivity contribution in [2.24, 2.45) is 0 Å². The van der Waals surface area contributed by atoms with Crippen molar-refractivity contribution in [2.45, 2.75) is 238 Å². The maximum atomic E-state index is 13.2. The first-order chi connectivity index (χ1) is 47.5. The molecule has 0 amide bonds. The standard InChI is InChI=1S/C71H92N8O20S/c1-39(80)92-57-59(94-41(3)82)63(67(86)88-13)98-65(61(57)96-43(5)84)78-36-47(73-77-78)37-90-31-21-17-15-19-29-71(53-33-45(49-27-28-52(70(10,11)12)56-55(49)74-100-75-56)23-25-50(53)51-26-24-46(34-54(51)71)69(7,8)9)30-20-16-18-22-32-91-38-48-35-72-76-79(48)66-62(97-44(6)85)58(93-40(2)81)60(95-42(4)83)64(99-66)68(87)89-14/h23-28,33-36,57-66,74-75H,15-22,29-32,37-38H2,1-14H3. The molecule has 9 rings (SSSR count). The lowest BCUT2D eigenvalue weighted by Gasteiger charge is -2.43. The zero-order valence-electron chi connectivity index (χ0n) is 59.2. The number of unbranched alkanes of at least 4 members (excludes halogenated alkanes) is 6. The van der Waals surface area contributed by atoms with Gasteiger partial charge >= 0.3 is 47.8 Å². The number of benzene rings is 3. The number of methoxy groups -OCH3 is 2. The van der Waals surface area contributed by atoms with Crippen LogP contribution in [0.2, 0.25) is 0 Å². The Morgan fingerprint density at radius 1 is 0.530 bits per heavy atom. The van der Waals surface area contributed by atoms with Gasteiger partial charge in [0, 0.05) is 65.7 Å². The van der Waals surface area contributed by atoms with E-state index in [9.17, 15) is 38.4 Å². The molecule has 2 saturated heterocycles. The Balaban J connectivity index is 0.897. The lowest BCUT2D eigenvalue weighted by Crippen LogP contribution is -2.61. The number of anilines is 2. The molecule has 1 aliphatic carbocycles. The van der Waals surface area contributed by atoms with E-state index in [1.807, 2.05) is 0 Å². The lowest BCUT2D eigenvalue weighted by molar-refractivity contribution is -0.265. The van der Waals surface area contributed by atoms with Gasteiger partial charge in [-0.15, -0.1) is 10.2 Å². The van der Waals surface area contributed by atoms with Crippen LogP contribution in [0.4, 0.5) is 11.4 Å². The number of rotatable bonds is 29. The van der Waals surface area contributed by atoms with E-state index in [1.165, 1.54) is 67.3 Å². The van der Waals surface area contributed by atoms with E-state index in [4.69, 9.17) is 56.8 Å². The number of carbonyl (C=O) groups excluding carboxylic acids is 8. The molecule has 0 spiro atoms. The monoisotopic (exact) mass is 1410 g/mol. The van der Waals surface area contributed by atoms with E-state index < -0.39 is 109 Å². The first-order valence-corrected chi connectivity index (χ1v) is 34.5. The predicted molar refractivity (Wildman–Crippen MR) is 361 cm³/mol. The summed E-state index contributed by atoms with van der Waals surface area (Å²) in [7, 11) is 2.24. The fourth-order valence-corrected chi connectivity index (χ4v) is 14.3. The Kier molecular flexibility index (Phi) is 24.9. The van der Waals surface area contributed by atoms with Crippen LogP contribution in [0.15, 0.2) is 60.9 Å². The van der Waals surface area contributed by atoms with E-state index in [0.717, 1.165) is 136 Å². The average Bonchev–Trinajstić information content (AvgIpc) is 1.56. The van der Waals surface area contributed by atoms with Gasteiger partial charge in [0.05, 0.1) is 69.0 Å². The van der Waals surface area contributed by atoms with E-state index in [0.29, 0.717) is 31.0 Å². The van der Waals surface area contributed by atoms with Crippen molar-refractivity contribution < 1.29 is 95.2 Å². The van der Waals surface area contributed by atoms with Crippen molar-refractivity contribution in [3.05, 3.63) is 94.6 Å². The molecule has 2 N–H and O–H groups in total. The topological polar surface area (TPSA) is 333 Å².